The standard InChI is InChI=1S/C16H22ClN3O/c1-11(2)20-7-6-15(19-20)10-21-16-5-4-14(17)9-13(16)8-12(3)18/h4-7,9,11-12H,8,10,18H2,1-3H3. The average molecular weight is 308 g/mol. The molecule has 1 atom stereocenters. The Morgan fingerprint density at radius 3 is 2.67 bits per heavy atom. The first kappa shape index (κ1) is 15.9. The van der Waals surface area contributed by atoms with Gasteiger partial charge in [-0.3, -0.25) is 4.68 Å². The van der Waals surface area contributed by atoms with Gasteiger partial charge in [-0.2, -0.15) is 5.10 Å². The molecule has 0 fully saturated rings. The summed E-state index contributed by atoms with van der Waals surface area (Å²) in [6.07, 6.45) is 2.70. The molecule has 2 rings (SSSR count). The topological polar surface area (TPSA) is 53.1 Å². The summed E-state index contributed by atoms with van der Waals surface area (Å²) in [6.45, 7) is 6.59. The van der Waals surface area contributed by atoms with Gasteiger partial charge in [-0.1, -0.05) is 11.6 Å². The molecule has 2 N–H and O–H groups in total. The van der Waals surface area contributed by atoms with Crippen LogP contribution in [0.25, 0.3) is 0 Å². The van der Waals surface area contributed by atoms with E-state index in [0.29, 0.717) is 17.7 Å². The molecule has 21 heavy (non-hydrogen) atoms. The zero-order valence-electron chi connectivity index (χ0n) is 12.7. The van der Waals surface area contributed by atoms with Gasteiger partial charge in [-0.15, -0.1) is 0 Å². The van der Waals surface area contributed by atoms with Crippen LogP contribution in [0.5, 0.6) is 5.75 Å². The first-order chi connectivity index (χ1) is 9.95. The van der Waals surface area contributed by atoms with Crippen LogP contribution in [0.1, 0.15) is 38.1 Å². The predicted octanol–water partition coefficient (Wildman–Crippen LogP) is 3.59. The Kier molecular flexibility index (Phi) is 5.26. The summed E-state index contributed by atoms with van der Waals surface area (Å²) < 4.78 is 7.80. The van der Waals surface area contributed by atoms with E-state index in [9.17, 15) is 0 Å². The van der Waals surface area contributed by atoms with Crippen molar-refractivity contribution in [2.75, 3.05) is 0 Å². The molecule has 0 aliphatic rings. The summed E-state index contributed by atoms with van der Waals surface area (Å²) in [5, 5.41) is 5.17. The average Bonchev–Trinajstić information content (AvgIpc) is 2.86. The van der Waals surface area contributed by atoms with Crippen LogP contribution in [0, 0.1) is 0 Å². The van der Waals surface area contributed by atoms with E-state index in [-0.39, 0.29) is 6.04 Å². The Hall–Kier alpha value is -1.52. The normalized spacial score (nSPS) is 12.7. The van der Waals surface area contributed by atoms with Gasteiger partial charge in [0.25, 0.3) is 0 Å². The van der Waals surface area contributed by atoms with Crippen LogP contribution >= 0.6 is 11.6 Å². The molecule has 4 nitrogen and oxygen atoms in total. The monoisotopic (exact) mass is 307 g/mol. The van der Waals surface area contributed by atoms with Crippen LogP contribution in [0.4, 0.5) is 0 Å². The van der Waals surface area contributed by atoms with Crippen molar-refractivity contribution in [1.29, 1.82) is 0 Å². The van der Waals surface area contributed by atoms with Gasteiger partial charge in [0.2, 0.25) is 0 Å². The second-order valence-corrected chi connectivity index (χ2v) is 6.04. The number of nitrogens with two attached hydrogens (primary N) is 1. The van der Waals surface area contributed by atoms with E-state index in [4.69, 9.17) is 22.1 Å². The lowest BCUT2D eigenvalue weighted by Crippen LogP contribution is -2.18. The lowest BCUT2D eigenvalue weighted by Gasteiger charge is -2.13. The molecular formula is C16H22ClN3O. The van der Waals surface area contributed by atoms with Crippen LogP contribution in [-0.4, -0.2) is 15.8 Å². The predicted molar refractivity (Wildman–Crippen MR) is 85.7 cm³/mol. The molecule has 0 radical (unpaired) electrons. The number of benzene rings is 1. The van der Waals surface area contributed by atoms with Crippen molar-refractivity contribution in [3.05, 3.63) is 46.7 Å². The first-order valence-electron chi connectivity index (χ1n) is 7.16. The molecule has 0 aliphatic carbocycles. The molecule has 1 aromatic heterocycles. The van der Waals surface area contributed by atoms with Gasteiger partial charge in [0.15, 0.2) is 0 Å². The highest BCUT2D eigenvalue weighted by Gasteiger charge is 2.09. The molecule has 1 unspecified atom stereocenters. The third kappa shape index (κ3) is 4.48. The lowest BCUT2D eigenvalue weighted by atomic mass is 10.1. The molecule has 0 amide bonds. The quantitative estimate of drug-likeness (QED) is 0.887. The van der Waals surface area contributed by atoms with Crippen molar-refractivity contribution >= 4 is 11.6 Å². The minimum atomic E-state index is 0.0611. The summed E-state index contributed by atoms with van der Waals surface area (Å²) >= 11 is 6.04. The minimum absolute atomic E-state index is 0.0611. The molecule has 2 aromatic rings. The molecule has 1 aromatic carbocycles. The molecule has 0 saturated carbocycles. The maximum absolute atomic E-state index is 6.04. The molecule has 5 heteroatoms. The highest BCUT2D eigenvalue weighted by Crippen LogP contribution is 2.25. The number of hydrogen-bond donors (Lipinski definition) is 1. The van der Waals surface area contributed by atoms with Crippen LogP contribution in [0.2, 0.25) is 5.02 Å². The Morgan fingerprint density at radius 2 is 2.05 bits per heavy atom. The van der Waals surface area contributed by atoms with E-state index in [0.717, 1.165) is 23.4 Å². The minimum Gasteiger partial charge on any atom is -0.487 e. The van der Waals surface area contributed by atoms with Gasteiger partial charge in [0, 0.05) is 23.3 Å². The summed E-state index contributed by atoms with van der Waals surface area (Å²) in [4.78, 5) is 0. The van der Waals surface area contributed by atoms with Gasteiger partial charge >= 0.3 is 0 Å². The van der Waals surface area contributed by atoms with E-state index in [2.05, 4.69) is 18.9 Å². The van der Waals surface area contributed by atoms with E-state index in [1.54, 1.807) is 0 Å². The van der Waals surface area contributed by atoms with E-state index in [1.165, 1.54) is 0 Å². The summed E-state index contributed by atoms with van der Waals surface area (Å²) in [5.74, 6) is 0.816. The van der Waals surface area contributed by atoms with E-state index >= 15 is 0 Å². The second-order valence-electron chi connectivity index (χ2n) is 5.60. The van der Waals surface area contributed by atoms with Gasteiger partial charge in [-0.05, 0) is 57.0 Å². The van der Waals surface area contributed by atoms with Crippen molar-refractivity contribution < 1.29 is 4.74 Å². The van der Waals surface area contributed by atoms with Gasteiger partial charge in [0.05, 0.1) is 5.69 Å². The Morgan fingerprint density at radius 1 is 1.29 bits per heavy atom. The number of aromatic nitrogens is 2. The van der Waals surface area contributed by atoms with Crippen LogP contribution in [0.15, 0.2) is 30.5 Å². The third-order valence-electron chi connectivity index (χ3n) is 3.13. The van der Waals surface area contributed by atoms with E-state index in [1.807, 2.05) is 42.1 Å². The summed E-state index contributed by atoms with van der Waals surface area (Å²) in [6, 6.07) is 8.01. The fourth-order valence-electron chi connectivity index (χ4n) is 2.09. The molecule has 0 saturated heterocycles. The number of nitrogens with zero attached hydrogens (tertiary/aromatic N) is 2. The zero-order valence-corrected chi connectivity index (χ0v) is 13.5. The van der Waals surface area contributed by atoms with Crippen molar-refractivity contribution in [2.45, 2.75) is 45.9 Å². The van der Waals surface area contributed by atoms with Crippen molar-refractivity contribution in [1.82, 2.24) is 9.78 Å². The highest BCUT2D eigenvalue weighted by molar-refractivity contribution is 6.30. The molecule has 114 valence electrons. The van der Waals surface area contributed by atoms with Gasteiger partial charge in [0.1, 0.15) is 12.4 Å². The number of halogens is 1. The van der Waals surface area contributed by atoms with Gasteiger partial charge in [-0.25, -0.2) is 0 Å². The van der Waals surface area contributed by atoms with Gasteiger partial charge < -0.3 is 10.5 Å². The van der Waals surface area contributed by atoms with Crippen molar-refractivity contribution in [2.24, 2.45) is 5.73 Å². The number of ether oxygens (including phenoxy) is 1. The number of hydrogen-bond acceptors (Lipinski definition) is 3. The largest absolute Gasteiger partial charge is 0.487 e. The van der Waals surface area contributed by atoms with Crippen LogP contribution in [0.3, 0.4) is 0 Å². The molecule has 0 bridgehead atoms. The Labute approximate surface area is 130 Å². The molecule has 0 spiro atoms. The third-order valence-corrected chi connectivity index (χ3v) is 3.37. The maximum Gasteiger partial charge on any atom is 0.132 e. The molecular weight excluding hydrogens is 286 g/mol. The molecule has 1 heterocycles. The SMILES string of the molecule is CC(N)Cc1cc(Cl)ccc1OCc1ccn(C(C)C)n1. The fourth-order valence-corrected chi connectivity index (χ4v) is 2.28. The highest BCUT2D eigenvalue weighted by atomic mass is 35.5. The number of rotatable bonds is 6. The smallest absolute Gasteiger partial charge is 0.132 e. The van der Waals surface area contributed by atoms with Crippen molar-refractivity contribution in [3.8, 4) is 5.75 Å². The van der Waals surface area contributed by atoms with Crippen LogP contribution in [-0.2, 0) is 13.0 Å². The zero-order chi connectivity index (χ0) is 15.4. The summed E-state index contributed by atoms with van der Waals surface area (Å²) in [7, 11) is 0. The first-order valence-corrected chi connectivity index (χ1v) is 7.54. The molecule has 0 aliphatic heterocycles. The fraction of sp³-hybridized carbons (Fsp3) is 0.438. The van der Waals surface area contributed by atoms with Crippen LogP contribution < -0.4 is 10.5 Å². The second kappa shape index (κ2) is 6.96. The Balaban J connectivity index is 2.08. The van der Waals surface area contributed by atoms with E-state index < -0.39 is 0 Å². The van der Waals surface area contributed by atoms with Crippen molar-refractivity contribution in [3.63, 3.8) is 0 Å². The maximum atomic E-state index is 6.04. The lowest BCUT2D eigenvalue weighted by molar-refractivity contribution is 0.295. The summed E-state index contributed by atoms with van der Waals surface area (Å²) in [5.41, 5.74) is 7.81. The Bertz CT molecular complexity index is 593.